The molecule has 0 N–H and O–H groups in total. The predicted octanol–water partition coefficient (Wildman–Crippen LogP) is 5.42. The van der Waals surface area contributed by atoms with Crippen LogP contribution in [0.2, 0.25) is 0 Å². The Morgan fingerprint density at radius 2 is 1.50 bits per heavy atom. The van der Waals surface area contributed by atoms with Crippen LogP contribution in [-0.2, 0) is 6.54 Å². The Hall–Kier alpha value is -2.48. The molecule has 3 aromatic rings. The molecule has 0 aromatic heterocycles. The van der Waals surface area contributed by atoms with Crippen LogP contribution in [0.4, 0.5) is 11.4 Å². The van der Waals surface area contributed by atoms with Crippen molar-refractivity contribution in [2.75, 3.05) is 23.0 Å². The van der Waals surface area contributed by atoms with Crippen LogP contribution in [0.15, 0.2) is 66.7 Å². The van der Waals surface area contributed by atoms with Crippen molar-refractivity contribution in [3.8, 4) is 0 Å². The third-order valence-corrected chi connectivity index (χ3v) is 4.93. The van der Waals surface area contributed by atoms with Crippen molar-refractivity contribution >= 4 is 22.1 Å². The molecule has 0 aliphatic carbocycles. The van der Waals surface area contributed by atoms with E-state index >= 15 is 0 Å². The van der Waals surface area contributed by atoms with Crippen LogP contribution >= 0.6 is 0 Å². The fourth-order valence-corrected chi connectivity index (χ4v) is 3.67. The Morgan fingerprint density at radius 1 is 0.792 bits per heavy atom. The molecule has 0 bridgehead atoms. The van der Waals surface area contributed by atoms with E-state index in [4.69, 9.17) is 0 Å². The summed E-state index contributed by atoms with van der Waals surface area (Å²) in [7, 11) is 0. The Kier molecular flexibility index (Phi) is 4.12. The minimum Gasteiger partial charge on any atom is -0.352 e. The van der Waals surface area contributed by atoms with Crippen LogP contribution in [0.5, 0.6) is 0 Å². The summed E-state index contributed by atoms with van der Waals surface area (Å²) >= 11 is 0. The Labute approximate surface area is 144 Å². The molecule has 0 saturated heterocycles. The summed E-state index contributed by atoms with van der Waals surface area (Å²) in [6.07, 6.45) is 2.48. The van der Waals surface area contributed by atoms with Crippen molar-refractivity contribution in [3.05, 3.63) is 72.3 Å². The average Bonchev–Trinajstić information content (AvgIpc) is 2.98. The van der Waals surface area contributed by atoms with Gasteiger partial charge in [0.2, 0.25) is 0 Å². The fraction of sp³-hybridized carbons (Fsp3) is 0.273. The van der Waals surface area contributed by atoms with Crippen LogP contribution in [0, 0.1) is 0 Å². The highest BCUT2D eigenvalue weighted by atomic mass is 15.4. The first-order valence-electron chi connectivity index (χ1n) is 8.92. The fourth-order valence-electron chi connectivity index (χ4n) is 3.67. The second kappa shape index (κ2) is 6.56. The minimum atomic E-state index is 0.959. The lowest BCUT2D eigenvalue weighted by Crippen LogP contribution is -2.31. The Balaban J connectivity index is 1.65. The molecule has 1 heterocycles. The van der Waals surface area contributed by atoms with E-state index in [1.165, 1.54) is 40.6 Å². The minimum absolute atomic E-state index is 0.959. The highest BCUT2D eigenvalue weighted by Crippen LogP contribution is 2.37. The van der Waals surface area contributed by atoms with Gasteiger partial charge in [-0.1, -0.05) is 67.9 Å². The summed E-state index contributed by atoms with van der Waals surface area (Å²) < 4.78 is 0. The Morgan fingerprint density at radius 3 is 2.33 bits per heavy atom. The maximum atomic E-state index is 2.52. The molecule has 0 saturated carbocycles. The van der Waals surface area contributed by atoms with E-state index in [9.17, 15) is 0 Å². The highest BCUT2D eigenvalue weighted by Gasteiger charge is 2.25. The van der Waals surface area contributed by atoms with Gasteiger partial charge in [-0.05, 0) is 34.9 Å². The number of hydrogen-bond acceptors (Lipinski definition) is 2. The average molecular weight is 316 g/mol. The van der Waals surface area contributed by atoms with Gasteiger partial charge in [0.1, 0.15) is 0 Å². The van der Waals surface area contributed by atoms with E-state index in [0.29, 0.717) is 0 Å². The van der Waals surface area contributed by atoms with Gasteiger partial charge < -0.3 is 9.80 Å². The predicted molar refractivity (Wildman–Crippen MR) is 104 cm³/mol. The van der Waals surface area contributed by atoms with Crippen molar-refractivity contribution in [1.82, 2.24) is 0 Å². The maximum absolute atomic E-state index is 2.52. The number of unbranched alkanes of at least 4 members (excludes halogenated alkanes) is 1. The van der Waals surface area contributed by atoms with Gasteiger partial charge in [-0.25, -0.2) is 0 Å². The molecule has 4 rings (SSSR count). The topological polar surface area (TPSA) is 6.48 Å². The monoisotopic (exact) mass is 316 g/mol. The van der Waals surface area contributed by atoms with Crippen molar-refractivity contribution in [1.29, 1.82) is 0 Å². The molecule has 3 aromatic carbocycles. The van der Waals surface area contributed by atoms with Crippen LogP contribution in [0.3, 0.4) is 0 Å². The maximum Gasteiger partial charge on any atom is 0.0907 e. The molecular weight excluding hydrogens is 292 g/mol. The van der Waals surface area contributed by atoms with E-state index in [-0.39, 0.29) is 0 Å². The van der Waals surface area contributed by atoms with E-state index in [1.54, 1.807) is 0 Å². The molecule has 2 heteroatoms. The van der Waals surface area contributed by atoms with Crippen molar-refractivity contribution in [2.45, 2.75) is 26.3 Å². The smallest absolute Gasteiger partial charge is 0.0907 e. The van der Waals surface area contributed by atoms with E-state index in [0.717, 1.165) is 19.8 Å². The summed E-state index contributed by atoms with van der Waals surface area (Å²) in [5.74, 6) is 0. The number of nitrogens with zero attached hydrogens (tertiary/aromatic N) is 2. The van der Waals surface area contributed by atoms with Crippen LogP contribution in [-0.4, -0.2) is 13.2 Å². The number of para-hydroxylation sites is 2. The molecule has 24 heavy (non-hydrogen) atoms. The van der Waals surface area contributed by atoms with Gasteiger partial charge in [0, 0.05) is 13.1 Å². The Bertz CT molecular complexity index is 835. The third-order valence-electron chi connectivity index (χ3n) is 4.93. The molecule has 122 valence electrons. The largest absolute Gasteiger partial charge is 0.352 e. The summed E-state index contributed by atoms with van der Waals surface area (Å²) in [6, 6.07) is 24.1. The van der Waals surface area contributed by atoms with Gasteiger partial charge in [-0.2, -0.15) is 0 Å². The zero-order valence-electron chi connectivity index (χ0n) is 14.3. The van der Waals surface area contributed by atoms with E-state index in [1.807, 2.05) is 0 Å². The van der Waals surface area contributed by atoms with Crippen LogP contribution < -0.4 is 9.80 Å². The molecule has 0 unspecified atom stereocenters. The summed E-state index contributed by atoms with van der Waals surface area (Å²) in [5.41, 5.74) is 4.15. The highest BCUT2D eigenvalue weighted by molar-refractivity contribution is 5.86. The summed E-state index contributed by atoms with van der Waals surface area (Å²) in [4.78, 5) is 5.02. The molecule has 1 aliphatic rings. The third kappa shape index (κ3) is 2.73. The van der Waals surface area contributed by atoms with Crippen LogP contribution in [0.1, 0.15) is 25.3 Å². The van der Waals surface area contributed by atoms with Gasteiger partial charge in [-0.15, -0.1) is 0 Å². The van der Waals surface area contributed by atoms with Crippen LogP contribution in [0.25, 0.3) is 10.8 Å². The van der Waals surface area contributed by atoms with E-state index in [2.05, 4.69) is 83.5 Å². The molecule has 0 fully saturated rings. The molecule has 0 spiro atoms. The first-order valence-corrected chi connectivity index (χ1v) is 8.92. The zero-order chi connectivity index (χ0) is 16.4. The zero-order valence-corrected chi connectivity index (χ0v) is 14.3. The van der Waals surface area contributed by atoms with Gasteiger partial charge in [0.25, 0.3) is 0 Å². The summed E-state index contributed by atoms with van der Waals surface area (Å²) in [5, 5.41) is 2.69. The van der Waals surface area contributed by atoms with Gasteiger partial charge >= 0.3 is 0 Å². The molecule has 1 aliphatic heterocycles. The molecule has 0 radical (unpaired) electrons. The normalized spacial score (nSPS) is 13.5. The first-order chi connectivity index (χ1) is 11.9. The SMILES string of the molecule is CCCCN1CN(Cc2cccc3ccccc23)c2ccccc21. The quantitative estimate of drug-likeness (QED) is 0.620. The molecule has 0 atom stereocenters. The molecule has 2 nitrogen and oxygen atoms in total. The standard InChI is InChI=1S/C22H24N2/c1-2-3-15-23-17-24(22-14-7-6-13-21(22)23)16-19-11-8-10-18-9-4-5-12-20(18)19/h4-14H,2-3,15-17H2,1H3. The van der Waals surface area contributed by atoms with Crippen molar-refractivity contribution in [2.24, 2.45) is 0 Å². The molecular formula is C22H24N2. The lowest BCUT2D eigenvalue weighted by molar-refractivity contribution is 0.710. The second-order valence-electron chi connectivity index (χ2n) is 6.58. The van der Waals surface area contributed by atoms with Crippen molar-refractivity contribution in [3.63, 3.8) is 0 Å². The number of benzene rings is 3. The number of fused-ring (bicyclic) bond motifs is 2. The van der Waals surface area contributed by atoms with E-state index < -0.39 is 0 Å². The lowest BCUT2D eigenvalue weighted by atomic mass is 10.0. The van der Waals surface area contributed by atoms with Gasteiger partial charge in [0.15, 0.2) is 0 Å². The lowest BCUT2D eigenvalue weighted by Gasteiger charge is -2.22. The molecule has 0 amide bonds. The number of rotatable bonds is 5. The number of hydrogen-bond donors (Lipinski definition) is 0. The second-order valence-corrected chi connectivity index (χ2v) is 6.58. The van der Waals surface area contributed by atoms with Gasteiger partial charge in [0.05, 0.1) is 18.0 Å². The van der Waals surface area contributed by atoms with Gasteiger partial charge in [-0.3, -0.25) is 0 Å². The van der Waals surface area contributed by atoms with Crippen molar-refractivity contribution < 1.29 is 0 Å². The number of anilines is 2. The summed E-state index contributed by atoms with van der Waals surface area (Å²) in [6.45, 7) is 5.35. The first kappa shape index (κ1) is 15.1.